The Labute approximate surface area is 359 Å². The van der Waals surface area contributed by atoms with Crippen molar-refractivity contribution in [1.82, 2.24) is 15.0 Å². The summed E-state index contributed by atoms with van der Waals surface area (Å²) in [6.45, 7) is 0. The van der Waals surface area contributed by atoms with E-state index in [0.29, 0.717) is 17.6 Å². The fraction of sp³-hybridized carbons (Fsp3) is 0.0727. The van der Waals surface area contributed by atoms with Crippen LogP contribution >= 0.6 is 22.7 Å². The summed E-state index contributed by atoms with van der Waals surface area (Å²) < 4.78 is 10.8. The molecule has 7 aromatic carbocycles. The van der Waals surface area contributed by atoms with E-state index in [1.54, 1.807) is 0 Å². The van der Waals surface area contributed by atoms with Crippen molar-refractivity contribution in [2.24, 2.45) is 0 Å². The second kappa shape index (κ2) is 13.8. The molecule has 2 aliphatic rings. The minimum absolute atomic E-state index is 0.369. The second-order valence-corrected chi connectivity index (χ2v) is 18.3. The summed E-state index contributed by atoms with van der Waals surface area (Å²) >= 11 is 3.69. The summed E-state index contributed by atoms with van der Waals surface area (Å²) in [7, 11) is 0. The maximum Gasteiger partial charge on any atom is 0.164 e. The van der Waals surface area contributed by atoms with Crippen LogP contribution in [-0.4, -0.2) is 15.0 Å². The zero-order valence-corrected chi connectivity index (χ0v) is 34.6. The summed E-state index contributed by atoms with van der Waals surface area (Å²) in [6.07, 6.45) is 14.0. The molecule has 0 spiro atoms. The average Bonchev–Trinajstić information content (AvgIpc) is 4.02. The maximum absolute atomic E-state index is 6.89. The van der Waals surface area contributed by atoms with E-state index >= 15 is 0 Å². The number of hydrogen-bond acceptors (Lipinski definition) is 6. The van der Waals surface area contributed by atoms with Crippen LogP contribution in [0.1, 0.15) is 40.6 Å². The van der Waals surface area contributed by atoms with Crippen molar-refractivity contribution in [3.8, 4) is 33.9 Å². The van der Waals surface area contributed by atoms with Gasteiger partial charge in [-0.1, -0.05) is 133 Å². The number of aromatic nitrogens is 3. The van der Waals surface area contributed by atoms with Crippen LogP contribution < -0.4 is 0 Å². The SMILES string of the molecule is C1=CCC(c2ccc3ccc(-c4nc(C5=Cc6sc7ccccc7c6CC5)nc(-c5cccc6oc7c(-c8cccc9sc%10ccccc%10c89)cccc7c56)n4)cc3c2)C=C1. The Bertz CT molecular complexity index is 3710. The molecule has 11 aromatic rings. The largest absolute Gasteiger partial charge is 0.455 e. The van der Waals surface area contributed by atoms with Crippen LogP contribution in [0.4, 0.5) is 0 Å². The zero-order valence-electron chi connectivity index (χ0n) is 32.9. The number of thiophene rings is 2. The van der Waals surface area contributed by atoms with Gasteiger partial charge in [-0.2, -0.15) is 0 Å². The van der Waals surface area contributed by atoms with E-state index in [0.717, 1.165) is 69.3 Å². The standard InChI is InChI=1S/C55H35N3OS2/c1-2-11-32(12-3-1)34-25-23-33-24-26-35(30-37(33)29-34)53-56-54(36-27-28-39-38-13-4-6-20-46(38)61-49(39)31-36)58-55(57-53)44-18-9-19-45-50(44)43-17-8-16-41(52(43)59-45)40-15-10-22-48-51(40)42-14-5-7-21-47(42)60-48/h1-11,13-26,29-32H,12,27-28H2. The van der Waals surface area contributed by atoms with E-state index in [-0.39, 0.29) is 0 Å². The minimum atomic E-state index is 0.369. The van der Waals surface area contributed by atoms with Gasteiger partial charge in [-0.25, -0.2) is 15.0 Å². The van der Waals surface area contributed by atoms with E-state index in [4.69, 9.17) is 19.4 Å². The predicted octanol–water partition coefficient (Wildman–Crippen LogP) is 15.6. The fourth-order valence-corrected chi connectivity index (χ4v) is 12.0. The van der Waals surface area contributed by atoms with Crippen molar-refractivity contribution in [3.63, 3.8) is 0 Å². The molecule has 6 heteroatoms. The van der Waals surface area contributed by atoms with Gasteiger partial charge in [-0.15, -0.1) is 22.7 Å². The Morgan fingerprint density at radius 2 is 1.30 bits per heavy atom. The normalized spacial score (nSPS) is 15.1. The van der Waals surface area contributed by atoms with Gasteiger partial charge in [0.25, 0.3) is 0 Å². The molecular weight excluding hydrogens is 783 g/mol. The van der Waals surface area contributed by atoms with E-state index in [9.17, 15) is 0 Å². The number of hydrogen-bond donors (Lipinski definition) is 0. The van der Waals surface area contributed by atoms with Gasteiger partial charge in [0.05, 0.1) is 0 Å². The number of benzene rings is 7. The van der Waals surface area contributed by atoms with Crippen molar-refractivity contribution < 1.29 is 4.42 Å². The Morgan fingerprint density at radius 3 is 2.21 bits per heavy atom. The topological polar surface area (TPSA) is 51.8 Å². The first kappa shape index (κ1) is 34.8. The molecule has 0 aliphatic heterocycles. The van der Waals surface area contributed by atoms with Gasteiger partial charge in [0, 0.05) is 63.1 Å². The third kappa shape index (κ3) is 5.67. The first-order valence-electron chi connectivity index (χ1n) is 20.9. The van der Waals surface area contributed by atoms with Crippen LogP contribution in [0, 0.1) is 0 Å². The van der Waals surface area contributed by atoms with Gasteiger partial charge in [-0.05, 0) is 94.1 Å². The summed E-state index contributed by atoms with van der Waals surface area (Å²) in [5.74, 6) is 2.39. The summed E-state index contributed by atoms with van der Waals surface area (Å²) in [5, 5.41) is 8.31. The molecule has 0 saturated carbocycles. The van der Waals surface area contributed by atoms with Crippen molar-refractivity contribution in [2.45, 2.75) is 25.2 Å². The molecule has 4 heterocycles. The van der Waals surface area contributed by atoms with Crippen molar-refractivity contribution >= 4 is 97.3 Å². The van der Waals surface area contributed by atoms with Crippen LogP contribution in [0.25, 0.3) is 109 Å². The average molecular weight is 818 g/mol. The number of aryl methyl sites for hydroxylation is 1. The van der Waals surface area contributed by atoms with Crippen LogP contribution in [0.2, 0.25) is 0 Å². The van der Waals surface area contributed by atoms with Gasteiger partial charge in [-0.3, -0.25) is 0 Å². The van der Waals surface area contributed by atoms with Gasteiger partial charge in [0.1, 0.15) is 11.2 Å². The fourth-order valence-electron chi connectivity index (χ4n) is 9.64. The lowest BCUT2D eigenvalue weighted by Gasteiger charge is -2.16. The minimum Gasteiger partial charge on any atom is -0.455 e. The highest BCUT2D eigenvalue weighted by atomic mass is 32.1. The quantitative estimate of drug-likeness (QED) is 0.174. The number of furan rings is 1. The third-order valence-corrected chi connectivity index (χ3v) is 14.9. The molecule has 0 saturated heterocycles. The molecule has 4 nitrogen and oxygen atoms in total. The smallest absolute Gasteiger partial charge is 0.164 e. The van der Waals surface area contributed by atoms with Crippen molar-refractivity contribution in [1.29, 1.82) is 0 Å². The number of rotatable bonds is 5. The maximum atomic E-state index is 6.89. The third-order valence-electron chi connectivity index (χ3n) is 12.6. The van der Waals surface area contributed by atoms with E-state index in [2.05, 4.69) is 170 Å². The Morgan fingerprint density at radius 1 is 0.541 bits per heavy atom. The van der Waals surface area contributed by atoms with Gasteiger partial charge in [0.15, 0.2) is 17.5 Å². The van der Waals surface area contributed by atoms with Crippen LogP contribution in [0.15, 0.2) is 168 Å². The zero-order chi connectivity index (χ0) is 40.0. The van der Waals surface area contributed by atoms with Crippen molar-refractivity contribution in [2.75, 3.05) is 0 Å². The monoisotopic (exact) mass is 817 g/mol. The number of nitrogens with zero attached hydrogens (tertiary/aromatic N) is 3. The highest BCUT2D eigenvalue weighted by molar-refractivity contribution is 7.26. The lowest BCUT2D eigenvalue weighted by atomic mass is 9.91. The molecule has 0 amide bonds. The lowest BCUT2D eigenvalue weighted by Crippen LogP contribution is -2.05. The van der Waals surface area contributed by atoms with Crippen LogP contribution in [-0.2, 0) is 6.42 Å². The molecule has 61 heavy (non-hydrogen) atoms. The number of fused-ring (bicyclic) bond motifs is 10. The molecule has 2 aliphatic carbocycles. The van der Waals surface area contributed by atoms with Crippen LogP contribution in [0.5, 0.6) is 0 Å². The Kier molecular flexibility index (Phi) is 7.87. The molecule has 13 rings (SSSR count). The molecule has 288 valence electrons. The molecule has 0 bridgehead atoms. The highest BCUT2D eigenvalue weighted by Gasteiger charge is 2.24. The lowest BCUT2D eigenvalue weighted by molar-refractivity contribution is 0.670. The van der Waals surface area contributed by atoms with E-state index in [1.807, 2.05) is 22.7 Å². The molecule has 0 fully saturated rings. The molecular formula is C55H35N3OS2. The van der Waals surface area contributed by atoms with Gasteiger partial charge >= 0.3 is 0 Å². The van der Waals surface area contributed by atoms with Crippen molar-refractivity contribution in [3.05, 3.63) is 186 Å². The van der Waals surface area contributed by atoms with E-state index in [1.165, 1.54) is 62.6 Å². The van der Waals surface area contributed by atoms with Crippen LogP contribution in [0.3, 0.4) is 0 Å². The summed E-state index contributed by atoms with van der Waals surface area (Å²) in [6, 6.07) is 50.2. The number of allylic oxidation sites excluding steroid dienone is 5. The molecule has 0 radical (unpaired) electrons. The summed E-state index contributed by atoms with van der Waals surface area (Å²) in [4.78, 5) is 17.3. The molecule has 4 aromatic heterocycles. The molecule has 1 atom stereocenters. The predicted molar refractivity (Wildman–Crippen MR) is 257 cm³/mol. The highest BCUT2D eigenvalue weighted by Crippen LogP contribution is 2.46. The Hall–Kier alpha value is -6.99. The van der Waals surface area contributed by atoms with E-state index < -0.39 is 0 Å². The first-order valence-corrected chi connectivity index (χ1v) is 22.5. The van der Waals surface area contributed by atoms with Gasteiger partial charge in [0.2, 0.25) is 0 Å². The molecule has 0 N–H and O–H groups in total. The van der Waals surface area contributed by atoms with Gasteiger partial charge < -0.3 is 4.42 Å². The first-order chi connectivity index (χ1) is 30.2. The molecule has 1 unspecified atom stereocenters. The number of para-hydroxylation sites is 1. The Balaban J connectivity index is 1.01. The summed E-state index contributed by atoms with van der Waals surface area (Å²) in [5.41, 5.74) is 9.68. The second-order valence-electron chi connectivity index (χ2n) is 16.1.